The standard InChI is InChI=1S/C14H23N3O/c1-3-5-10-17(11-6-4-2)14(18)13-12(15)8-7-9-16-13/h7-9H,3-6,10-11,15H2,1-2H3. The molecule has 1 amide bonds. The third kappa shape index (κ3) is 4.02. The van der Waals surface area contributed by atoms with Gasteiger partial charge >= 0.3 is 0 Å². The van der Waals surface area contributed by atoms with Crippen molar-refractivity contribution in [3.05, 3.63) is 24.0 Å². The predicted octanol–water partition coefficient (Wildman–Crippen LogP) is 2.71. The molecule has 2 N–H and O–H groups in total. The number of anilines is 1. The maximum absolute atomic E-state index is 12.4. The molecule has 0 spiro atoms. The van der Waals surface area contributed by atoms with Crippen LogP contribution < -0.4 is 5.73 Å². The lowest BCUT2D eigenvalue weighted by atomic mass is 10.2. The van der Waals surface area contributed by atoms with Gasteiger partial charge in [0.15, 0.2) is 5.69 Å². The summed E-state index contributed by atoms with van der Waals surface area (Å²) in [6.45, 7) is 5.81. The summed E-state index contributed by atoms with van der Waals surface area (Å²) in [5.41, 5.74) is 6.64. The second-order valence-corrected chi connectivity index (χ2v) is 4.44. The average Bonchev–Trinajstić information content (AvgIpc) is 2.39. The van der Waals surface area contributed by atoms with E-state index in [9.17, 15) is 4.79 Å². The number of aromatic nitrogens is 1. The molecule has 0 aromatic carbocycles. The van der Waals surface area contributed by atoms with Crippen molar-refractivity contribution in [2.45, 2.75) is 39.5 Å². The van der Waals surface area contributed by atoms with Gasteiger partial charge in [-0.25, -0.2) is 4.98 Å². The fourth-order valence-electron chi connectivity index (χ4n) is 1.76. The zero-order valence-corrected chi connectivity index (χ0v) is 11.4. The zero-order chi connectivity index (χ0) is 13.4. The third-order valence-electron chi connectivity index (χ3n) is 2.89. The lowest BCUT2D eigenvalue weighted by molar-refractivity contribution is 0.0746. The van der Waals surface area contributed by atoms with E-state index in [1.165, 1.54) is 0 Å². The smallest absolute Gasteiger partial charge is 0.274 e. The minimum absolute atomic E-state index is 0.0463. The molecule has 1 aromatic rings. The first-order valence-electron chi connectivity index (χ1n) is 6.70. The summed E-state index contributed by atoms with van der Waals surface area (Å²) < 4.78 is 0. The van der Waals surface area contributed by atoms with Crippen LogP contribution >= 0.6 is 0 Å². The minimum atomic E-state index is -0.0463. The van der Waals surface area contributed by atoms with Gasteiger partial charge in [0.1, 0.15) is 0 Å². The van der Waals surface area contributed by atoms with Crippen LogP contribution in [0.4, 0.5) is 5.69 Å². The molecule has 0 fully saturated rings. The normalized spacial score (nSPS) is 10.3. The van der Waals surface area contributed by atoms with Crippen LogP contribution in [0.25, 0.3) is 0 Å². The van der Waals surface area contributed by atoms with Gasteiger partial charge in [-0.1, -0.05) is 26.7 Å². The summed E-state index contributed by atoms with van der Waals surface area (Å²) in [6, 6.07) is 3.46. The Morgan fingerprint density at radius 1 is 1.28 bits per heavy atom. The maximum Gasteiger partial charge on any atom is 0.274 e. The van der Waals surface area contributed by atoms with Gasteiger partial charge in [-0.2, -0.15) is 0 Å². The van der Waals surface area contributed by atoms with Crippen LogP contribution in [-0.2, 0) is 0 Å². The van der Waals surface area contributed by atoms with Crippen molar-refractivity contribution in [3.8, 4) is 0 Å². The molecule has 4 nitrogen and oxygen atoms in total. The highest BCUT2D eigenvalue weighted by Crippen LogP contribution is 2.12. The average molecular weight is 249 g/mol. The number of nitrogen functional groups attached to an aromatic ring is 1. The molecule has 0 unspecified atom stereocenters. The molecule has 0 aliphatic heterocycles. The van der Waals surface area contributed by atoms with Gasteiger partial charge < -0.3 is 10.6 Å². The van der Waals surface area contributed by atoms with Crippen LogP contribution in [0, 0.1) is 0 Å². The number of pyridine rings is 1. The molecule has 0 aliphatic carbocycles. The molecule has 0 bridgehead atoms. The third-order valence-corrected chi connectivity index (χ3v) is 2.89. The Labute approximate surface area is 109 Å². The molecule has 1 rings (SSSR count). The van der Waals surface area contributed by atoms with E-state index in [2.05, 4.69) is 18.8 Å². The summed E-state index contributed by atoms with van der Waals surface area (Å²) in [6.07, 6.45) is 5.80. The number of hydrogen-bond donors (Lipinski definition) is 1. The highest BCUT2D eigenvalue weighted by molar-refractivity contribution is 5.97. The first kappa shape index (κ1) is 14.5. The number of unbranched alkanes of at least 4 members (excludes halogenated alkanes) is 2. The summed E-state index contributed by atoms with van der Waals surface area (Å²) in [5, 5.41) is 0. The van der Waals surface area contributed by atoms with Gasteiger partial charge in [-0.3, -0.25) is 4.79 Å². The molecule has 100 valence electrons. The van der Waals surface area contributed by atoms with Crippen molar-refractivity contribution < 1.29 is 4.79 Å². The first-order valence-corrected chi connectivity index (χ1v) is 6.70. The van der Waals surface area contributed by atoms with Crippen LogP contribution in [-0.4, -0.2) is 28.9 Å². The Morgan fingerprint density at radius 3 is 2.39 bits per heavy atom. The number of amides is 1. The maximum atomic E-state index is 12.4. The molecule has 4 heteroatoms. The Balaban J connectivity index is 2.77. The summed E-state index contributed by atoms with van der Waals surface area (Å²) in [7, 11) is 0. The molecule has 18 heavy (non-hydrogen) atoms. The lowest BCUT2D eigenvalue weighted by Gasteiger charge is -2.22. The van der Waals surface area contributed by atoms with Gasteiger partial charge in [-0.05, 0) is 25.0 Å². The molecule has 0 atom stereocenters. The van der Waals surface area contributed by atoms with Gasteiger partial charge in [0.05, 0.1) is 5.69 Å². The molecule has 0 aliphatic rings. The van der Waals surface area contributed by atoms with Crippen LogP contribution in [0.2, 0.25) is 0 Å². The van der Waals surface area contributed by atoms with Gasteiger partial charge in [0.25, 0.3) is 5.91 Å². The van der Waals surface area contributed by atoms with Crippen molar-refractivity contribution in [3.63, 3.8) is 0 Å². The topological polar surface area (TPSA) is 59.2 Å². The number of nitrogens with two attached hydrogens (primary N) is 1. The number of carbonyl (C=O) groups excluding carboxylic acids is 1. The Morgan fingerprint density at radius 2 is 1.89 bits per heavy atom. The van der Waals surface area contributed by atoms with Crippen LogP contribution in [0.15, 0.2) is 18.3 Å². The van der Waals surface area contributed by atoms with E-state index >= 15 is 0 Å². The monoisotopic (exact) mass is 249 g/mol. The SMILES string of the molecule is CCCCN(CCCC)C(=O)c1ncccc1N. The van der Waals surface area contributed by atoms with Crippen molar-refractivity contribution >= 4 is 11.6 Å². The molecule has 0 saturated heterocycles. The van der Waals surface area contributed by atoms with E-state index in [1.807, 2.05) is 4.90 Å². The van der Waals surface area contributed by atoms with Gasteiger partial charge in [-0.15, -0.1) is 0 Å². The van der Waals surface area contributed by atoms with E-state index < -0.39 is 0 Å². The van der Waals surface area contributed by atoms with E-state index in [4.69, 9.17) is 5.73 Å². The fraction of sp³-hybridized carbons (Fsp3) is 0.571. The predicted molar refractivity (Wildman–Crippen MR) is 74.4 cm³/mol. The van der Waals surface area contributed by atoms with Crippen LogP contribution in [0.1, 0.15) is 50.0 Å². The molecular formula is C14H23N3O. The quantitative estimate of drug-likeness (QED) is 0.808. The Kier molecular flexibility index (Phi) is 6.19. The highest BCUT2D eigenvalue weighted by Gasteiger charge is 2.18. The fourth-order valence-corrected chi connectivity index (χ4v) is 1.76. The lowest BCUT2D eigenvalue weighted by Crippen LogP contribution is -2.34. The Hall–Kier alpha value is -1.58. The van der Waals surface area contributed by atoms with Crippen LogP contribution in [0.3, 0.4) is 0 Å². The van der Waals surface area contributed by atoms with Crippen LogP contribution in [0.5, 0.6) is 0 Å². The van der Waals surface area contributed by atoms with Gasteiger partial charge in [0.2, 0.25) is 0 Å². The second kappa shape index (κ2) is 7.69. The first-order chi connectivity index (χ1) is 8.70. The largest absolute Gasteiger partial charge is 0.397 e. The van der Waals surface area contributed by atoms with Crippen molar-refractivity contribution in [2.24, 2.45) is 0 Å². The minimum Gasteiger partial charge on any atom is -0.397 e. The van der Waals surface area contributed by atoms with E-state index in [0.29, 0.717) is 11.4 Å². The number of carbonyl (C=O) groups is 1. The number of hydrogen-bond acceptors (Lipinski definition) is 3. The zero-order valence-electron chi connectivity index (χ0n) is 11.4. The van der Waals surface area contributed by atoms with E-state index in [1.54, 1.807) is 18.3 Å². The second-order valence-electron chi connectivity index (χ2n) is 4.44. The van der Waals surface area contributed by atoms with Crippen molar-refractivity contribution in [1.82, 2.24) is 9.88 Å². The molecule has 0 saturated carbocycles. The summed E-state index contributed by atoms with van der Waals surface area (Å²) >= 11 is 0. The van der Waals surface area contributed by atoms with Gasteiger partial charge in [0, 0.05) is 19.3 Å². The summed E-state index contributed by atoms with van der Waals surface area (Å²) in [4.78, 5) is 18.3. The molecule has 0 radical (unpaired) electrons. The van der Waals surface area contributed by atoms with Crippen molar-refractivity contribution in [2.75, 3.05) is 18.8 Å². The number of nitrogens with zero attached hydrogens (tertiary/aromatic N) is 2. The Bertz CT molecular complexity index is 371. The highest BCUT2D eigenvalue weighted by atomic mass is 16.2. The molecular weight excluding hydrogens is 226 g/mol. The van der Waals surface area contributed by atoms with Crippen molar-refractivity contribution in [1.29, 1.82) is 0 Å². The number of rotatable bonds is 7. The molecule has 1 aromatic heterocycles. The summed E-state index contributed by atoms with van der Waals surface area (Å²) in [5.74, 6) is -0.0463. The molecule has 1 heterocycles. The van der Waals surface area contributed by atoms with E-state index in [-0.39, 0.29) is 5.91 Å². The van der Waals surface area contributed by atoms with E-state index in [0.717, 1.165) is 38.8 Å².